The van der Waals surface area contributed by atoms with E-state index in [-0.39, 0.29) is 5.78 Å². The van der Waals surface area contributed by atoms with Crippen LogP contribution in [0.1, 0.15) is 6.92 Å². The van der Waals surface area contributed by atoms with E-state index in [4.69, 9.17) is 0 Å². The molecule has 0 spiro atoms. The Kier molecular flexibility index (Phi) is 6.66. The summed E-state index contributed by atoms with van der Waals surface area (Å²) in [5, 5.41) is 3.72. The smallest absolute Gasteiger partial charge is 0.290 e. The summed E-state index contributed by atoms with van der Waals surface area (Å²) in [5.41, 5.74) is 0. The third-order valence-corrected chi connectivity index (χ3v) is 14.4. The van der Waals surface area contributed by atoms with Gasteiger partial charge in [-0.1, -0.05) is 109 Å². The first-order valence-electron chi connectivity index (χ1n) is 9.87. The first-order chi connectivity index (χ1) is 14.7. The van der Waals surface area contributed by atoms with E-state index in [9.17, 15) is 4.79 Å². The van der Waals surface area contributed by atoms with Crippen LogP contribution in [-0.4, -0.2) is 9.08 Å². The zero-order valence-corrected chi connectivity index (χ0v) is 19.8. The van der Waals surface area contributed by atoms with Crippen LogP contribution in [-0.2, 0) is 4.79 Å². The van der Waals surface area contributed by atoms with Crippen LogP contribution in [0.4, 0.5) is 0 Å². The highest BCUT2D eigenvalue weighted by molar-refractivity contribution is 7.96. The molecule has 0 fully saturated rings. The maximum absolute atomic E-state index is 13.3. The molecule has 0 bridgehead atoms. The van der Waals surface area contributed by atoms with Crippen LogP contribution in [0, 0.1) is 3.57 Å². The fraction of sp³-hybridized carbons (Fsp3) is 0.0370. The minimum absolute atomic E-state index is 0.205. The number of ketones is 1. The first-order valence-corrected chi connectivity index (χ1v) is 13.8. The Hall–Kier alpha value is -2.42. The summed E-state index contributed by atoms with van der Waals surface area (Å²) in [5.74, 6) is 0.205. The van der Waals surface area contributed by atoms with E-state index in [1.54, 1.807) is 6.92 Å². The van der Waals surface area contributed by atoms with Crippen molar-refractivity contribution in [2.24, 2.45) is 0 Å². The fourth-order valence-corrected chi connectivity index (χ4v) is 13.7. The Bertz CT molecular complexity index is 1070. The molecule has 4 aromatic rings. The van der Waals surface area contributed by atoms with Crippen LogP contribution in [0.2, 0.25) is 0 Å². The van der Waals surface area contributed by atoms with Crippen molar-refractivity contribution in [3.05, 3.63) is 125 Å². The third kappa shape index (κ3) is 4.08. The van der Waals surface area contributed by atoms with Gasteiger partial charge in [-0.25, -0.2) is 0 Å². The average Bonchev–Trinajstić information content (AvgIpc) is 2.82. The molecule has 0 aliphatic heterocycles. The molecule has 4 aromatic carbocycles. The third-order valence-electron chi connectivity index (χ3n) is 4.95. The van der Waals surface area contributed by atoms with Crippen molar-refractivity contribution < 1.29 is 26.0 Å². The summed E-state index contributed by atoms with van der Waals surface area (Å²) in [4.78, 5) is 13.3. The highest BCUT2D eigenvalue weighted by Crippen LogP contribution is 2.44. The van der Waals surface area contributed by atoms with Gasteiger partial charge in [0.25, 0.3) is 0 Å². The maximum Gasteiger partial charge on any atom is 0.362 e. The predicted molar refractivity (Wildman–Crippen MR) is 126 cm³/mol. The lowest BCUT2D eigenvalue weighted by Gasteiger charge is -2.27. The van der Waals surface area contributed by atoms with Gasteiger partial charge >= 0.3 is 21.2 Å². The Morgan fingerprint density at radius 3 is 1.23 bits per heavy atom. The average molecular weight is 521 g/mol. The topological polar surface area (TPSA) is 17.1 Å². The Morgan fingerprint density at radius 1 is 0.567 bits per heavy atom. The number of carbonyl (C=O) groups is 1. The second kappa shape index (κ2) is 9.59. The van der Waals surface area contributed by atoms with Crippen molar-refractivity contribution in [2.45, 2.75) is 6.92 Å². The van der Waals surface area contributed by atoms with Crippen LogP contribution in [0.25, 0.3) is 0 Å². The SMILES string of the molecule is CC(=O)C([I+]c1ccccc1)=P(c1ccccc1)(c1ccccc1)c1ccccc1. The van der Waals surface area contributed by atoms with Crippen molar-refractivity contribution in [1.82, 2.24) is 0 Å². The van der Waals surface area contributed by atoms with Gasteiger partial charge in [-0.15, -0.1) is 0 Å². The van der Waals surface area contributed by atoms with Gasteiger partial charge in [0.15, 0.2) is 3.57 Å². The Balaban J connectivity index is 2.18. The maximum atomic E-state index is 13.3. The number of Topliss-reactive ketones (excluding diaryl/α,β-unsaturated/α-hetero) is 1. The summed E-state index contributed by atoms with van der Waals surface area (Å²) in [6.07, 6.45) is 0. The van der Waals surface area contributed by atoms with Gasteiger partial charge in [0.1, 0.15) is 0 Å². The fourth-order valence-electron chi connectivity index (χ4n) is 3.69. The molecule has 0 saturated heterocycles. The summed E-state index contributed by atoms with van der Waals surface area (Å²) in [7, 11) is 0. The van der Waals surface area contributed by atoms with Gasteiger partial charge in [-0.2, -0.15) is 0 Å². The molecular formula is C27H23IOP+. The minimum atomic E-state index is -2.27. The van der Waals surface area contributed by atoms with E-state index in [1.165, 1.54) is 19.5 Å². The monoisotopic (exact) mass is 521 g/mol. The molecule has 0 atom stereocenters. The first kappa shape index (κ1) is 20.8. The number of carbonyl (C=O) groups excluding carboxylic acids is 1. The normalized spacial score (nSPS) is 11.1. The Labute approximate surface area is 189 Å². The number of halogens is 1. The van der Waals surface area contributed by atoms with Crippen LogP contribution in [0.15, 0.2) is 121 Å². The van der Waals surface area contributed by atoms with E-state index < -0.39 is 28.1 Å². The van der Waals surface area contributed by atoms with Crippen LogP contribution < -0.4 is 37.1 Å². The van der Waals surface area contributed by atoms with Crippen molar-refractivity contribution in [3.63, 3.8) is 0 Å². The lowest BCUT2D eigenvalue weighted by Crippen LogP contribution is -3.65. The second-order valence-corrected chi connectivity index (χ2v) is 14.0. The summed E-state index contributed by atoms with van der Waals surface area (Å²) >= 11 is -0.630. The molecule has 148 valence electrons. The van der Waals surface area contributed by atoms with Gasteiger partial charge in [0, 0.05) is 13.8 Å². The lowest BCUT2D eigenvalue weighted by atomic mass is 10.4. The lowest BCUT2D eigenvalue weighted by molar-refractivity contribution is -0.501. The molecule has 4 rings (SSSR count). The second-order valence-electron chi connectivity index (χ2n) is 6.91. The van der Waals surface area contributed by atoms with Crippen molar-refractivity contribution in [1.29, 1.82) is 0 Å². The molecular weight excluding hydrogens is 498 g/mol. The van der Waals surface area contributed by atoms with E-state index in [1.807, 2.05) is 24.3 Å². The van der Waals surface area contributed by atoms with Gasteiger partial charge in [0.2, 0.25) is 9.08 Å². The van der Waals surface area contributed by atoms with Crippen molar-refractivity contribution in [3.8, 4) is 0 Å². The van der Waals surface area contributed by atoms with Gasteiger partial charge < -0.3 is 0 Å². The van der Waals surface area contributed by atoms with Crippen LogP contribution in [0.3, 0.4) is 0 Å². The molecule has 1 nitrogen and oxygen atoms in total. The standard InChI is InChI=1S/C27H23IOP/c1-22(29)27(28-23-14-6-2-7-15-23)30(24-16-8-3-9-17-24,25-18-10-4-11-19-25)26-20-12-5-13-21-26/h2-21H,1H3/q+1. The molecule has 0 unspecified atom stereocenters. The van der Waals surface area contributed by atoms with Crippen molar-refractivity contribution >= 4 is 31.9 Å². The number of rotatable bonds is 6. The minimum Gasteiger partial charge on any atom is -0.290 e. The largest absolute Gasteiger partial charge is 0.362 e. The highest BCUT2D eigenvalue weighted by Gasteiger charge is 2.40. The molecule has 0 amide bonds. The summed E-state index contributed by atoms with van der Waals surface area (Å²) < 4.78 is 2.37. The van der Waals surface area contributed by atoms with Gasteiger partial charge in [-0.05, 0) is 28.0 Å². The van der Waals surface area contributed by atoms with Gasteiger partial charge in [0.05, 0.1) is 0 Å². The van der Waals surface area contributed by atoms with Crippen molar-refractivity contribution in [2.75, 3.05) is 0 Å². The molecule has 0 N–H and O–H groups in total. The molecule has 30 heavy (non-hydrogen) atoms. The molecule has 0 aliphatic carbocycles. The van der Waals surface area contributed by atoms with E-state index in [2.05, 4.69) is 97.1 Å². The molecule has 3 heteroatoms. The van der Waals surface area contributed by atoms with Crippen LogP contribution in [0.5, 0.6) is 0 Å². The Morgan fingerprint density at radius 2 is 0.900 bits per heavy atom. The molecule has 0 aromatic heterocycles. The van der Waals surface area contributed by atoms with E-state index in [0.29, 0.717) is 0 Å². The zero-order chi connectivity index (χ0) is 20.8. The summed E-state index contributed by atoms with van der Waals surface area (Å²) in [6.45, 7) is -0.517. The molecule has 0 radical (unpaired) electrons. The summed E-state index contributed by atoms with van der Waals surface area (Å²) in [6, 6.07) is 42.4. The number of hydrogen-bond donors (Lipinski definition) is 0. The van der Waals surface area contributed by atoms with E-state index >= 15 is 0 Å². The number of benzene rings is 4. The molecule has 0 heterocycles. The molecule has 0 saturated carbocycles. The molecule has 0 aliphatic rings. The highest BCUT2D eigenvalue weighted by atomic mass is 127. The quantitative estimate of drug-likeness (QED) is 0.279. The zero-order valence-electron chi connectivity index (χ0n) is 16.8. The van der Waals surface area contributed by atoms with E-state index in [0.717, 1.165) is 3.30 Å². The number of hydrogen-bond acceptors (Lipinski definition) is 1. The predicted octanol–water partition coefficient (Wildman–Crippen LogP) is 1.66. The van der Waals surface area contributed by atoms with Gasteiger partial charge in [-0.3, -0.25) is 4.79 Å². The van der Waals surface area contributed by atoms with Crippen LogP contribution >= 0.6 is 6.89 Å².